The van der Waals surface area contributed by atoms with Crippen molar-refractivity contribution >= 4 is 47.2 Å². The second kappa shape index (κ2) is 8.20. The first-order valence-electron chi connectivity index (χ1n) is 6.68. The molecule has 1 amide bonds. The molecule has 1 fully saturated rings. The van der Waals surface area contributed by atoms with Gasteiger partial charge < -0.3 is 10.6 Å². The number of nitrogens with one attached hydrogen (secondary N) is 2. The fourth-order valence-electron chi connectivity index (χ4n) is 2.56. The van der Waals surface area contributed by atoms with Gasteiger partial charge in [-0.3, -0.25) is 9.69 Å². The molecule has 0 spiro atoms. The minimum absolute atomic E-state index is 0. The van der Waals surface area contributed by atoms with E-state index in [2.05, 4.69) is 29.4 Å². The van der Waals surface area contributed by atoms with Crippen LogP contribution in [0.5, 0.6) is 0 Å². The summed E-state index contributed by atoms with van der Waals surface area (Å²) >= 11 is 12.0. The van der Waals surface area contributed by atoms with E-state index < -0.39 is 0 Å². The maximum atomic E-state index is 12.1. The number of halogens is 3. The third-order valence-electron chi connectivity index (χ3n) is 3.23. The second-order valence-corrected chi connectivity index (χ2v) is 6.10. The highest BCUT2D eigenvalue weighted by Gasteiger charge is 2.22. The predicted octanol–water partition coefficient (Wildman–Crippen LogP) is 3.04. The smallest absolute Gasteiger partial charge is 0.238 e. The zero-order valence-electron chi connectivity index (χ0n) is 12.0. The van der Waals surface area contributed by atoms with Gasteiger partial charge >= 0.3 is 0 Å². The van der Waals surface area contributed by atoms with Gasteiger partial charge in [-0.15, -0.1) is 12.4 Å². The summed E-state index contributed by atoms with van der Waals surface area (Å²) < 4.78 is 0. The fraction of sp³-hybridized carbons (Fsp3) is 0.500. The van der Waals surface area contributed by atoms with Gasteiger partial charge in [0.2, 0.25) is 5.91 Å². The Kier molecular flexibility index (Phi) is 7.24. The van der Waals surface area contributed by atoms with E-state index in [9.17, 15) is 4.79 Å². The molecule has 1 aliphatic heterocycles. The van der Waals surface area contributed by atoms with Crippen LogP contribution in [-0.2, 0) is 4.79 Å². The van der Waals surface area contributed by atoms with Crippen molar-refractivity contribution in [2.45, 2.75) is 25.9 Å². The number of anilines is 1. The number of hydrogen-bond acceptors (Lipinski definition) is 3. The highest BCUT2D eigenvalue weighted by molar-refractivity contribution is 6.43. The largest absolute Gasteiger partial charge is 0.324 e. The molecular formula is C14H20Cl3N3O. The zero-order valence-corrected chi connectivity index (χ0v) is 14.4. The molecule has 1 aliphatic rings. The summed E-state index contributed by atoms with van der Waals surface area (Å²) in [4.78, 5) is 14.2. The Hall–Kier alpha value is -0.520. The number of piperazine rings is 1. The van der Waals surface area contributed by atoms with Gasteiger partial charge in [0, 0.05) is 25.2 Å². The number of nitrogens with zero attached hydrogens (tertiary/aromatic N) is 1. The number of benzene rings is 1. The van der Waals surface area contributed by atoms with E-state index in [1.165, 1.54) is 0 Å². The van der Waals surface area contributed by atoms with Crippen LogP contribution >= 0.6 is 35.6 Å². The molecule has 4 nitrogen and oxygen atoms in total. The monoisotopic (exact) mass is 351 g/mol. The third kappa shape index (κ3) is 5.31. The van der Waals surface area contributed by atoms with Crippen molar-refractivity contribution in [1.29, 1.82) is 0 Å². The highest BCUT2D eigenvalue weighted by atomic mass is 35.5. The van der Waals surface area contributed by atoms with Crippen molar-refractivity contribution in [2.75, 3.05) is 25.0 Å². The molecule has 1 saturated heterocycles. The summed E-state index contributed by atoms with van der Waals surface area (Å²) in [6.45, 7) is 6.32. The van der Waals surface area contributed by atoms with E-state index in [4.69, 9.17) is 23.2 Å². The van der Waals surface area contributed by atoms with Crippen LogP contribution in [0, 0.1) is 0 Å². The molecule has 2 atom stereocenters. The molecule has 1 aromatic carbocycles. The lowest BCUT2D eigenvalue weighted by atomic mass is 10.1. The molecule has 0 aromatic heterocycles. The lowest BCUT2D eigenvalue weighted by Gasteiger charge is -2.35. The van der Waals surface area contributed by atoms with Crippen molar-refractivity contribution in [3.63, 3.8) is 0 Å². The minimum Gasteiger partial charge on any atom is -0.324 e. The molecule has 0 saturated carbocycles. The molecule has 21 heavy (non-hydrogen) atoms. The van der Waals surface area contributed by atoms with E-state index >= 15 is 0 Å². The Morgan fingerprint density at radius 1 is 1.33 bits per heavy atom. The average Bonchev–Trinajstić information content (AvgIpc) is 2.33. The first-order valence-corrected chi connectivity index (χ1v) is 7.43. The molecule has 1 heterocycles. The molecule has 2 N–H and O–H groups in total. The van der Waals surface area contributed by atoms with Gasteiger partial charge in [0.25, 0.3) is 0 Å². The summed E-state index contributed by atoms with van der Waals surface area (Å²) in [6.07, 6.45) is 0. The normalized spacial score (nSPS) is 22.5. The number of amides is 1. The quantitative estimate of drug-likeness (QED) is 0.879. The molecule has 2 rings (SSSR count). The Morgan fingerprint density at radius 3 is 2.57 bits per heavy atom. The minimum atomic E-state index is -0.0736. The van der Waals surface area contributed by atoms with Crippen molar-refractivity contribution in [1.82, 2.24) is 10.2 Å². The van der Waals surface area contributed by atoms with Crippen LogP contribution in [0.4, 0.5) is 5.69 Å². The summed E-state index contributed by atoms with van der Waals surface area (Å²) in [5.74, 6) is -0.0736. The van der Waals surface area contributed by atoms with Crippen molar-refractivity contribution < 1.29 is 4.79 Å². The van der Waals surface area contributed by atoms with Gasteiger partial charge in [-0.25, -0.2) is 0 Å². The highest BCUT2D eigenvalue weighted by Crippen LogP contribution is 2.29. The summed E-state index contributed by atoms with van der Waals surface area (Å²) in [6, 6.07) is 5.98. The van der Waals surface area contributed by atoms with Crippen LogP contribution in [0.15, 0.2) is 18.2 Å². The Labute approximate surface area is 141 Å². The molecule has 0 bridgehead atoms. The van der Waals surface area contributed by atoms with Crippen molar-refractivity contribution in [2.24, 2.45) is 0 Å². The Morgan fingerprint density at radius 2 is 1.95 bits per heavy atom. The van der Waals surface area contributed by atoms with E-state index in [0.717, 1.165) is 13.1 Å². The van der Waals surface area contributed by atoms with E-state index in [-0.39, 0.29) is 18.3 Å². The lowest BCUT2D eigenvalue weighted by molar-refractivity contribution is -0.117. The van der Waals surface area contributed by atoms with Gasteiger partial charge in [0.15, 0.2) is 0 Å². The van der Waals surface area contributed by atoms with Crippen molar-refractivity contribution in [3.05, 3.63) is 28.2 Å². The lowest BCUT2D eigenvalue weighted by Crippen LogP contribution is -2.55. The first kappa shape index (κ1) is 18.5. The number of carbonyl (C=O) groups excluding carboxylic acids is 1. The standard InChI is InChI=1S/C14H19Cl2N3O.ClH/c1-9-6-19(7-10(2)17-9)8-13(20)18-12-5-3-4-11(15)14(12)16;/h3-5,9-10,17H,6-8H2,1-2H3,(H,18,20);1H. The van der Waals surface area contributed by atoms with Gasteiger partial charge in [-0.1, -0.05) is 29.3 Å². The van der Waals surface area contributed by atoms with Crippen LogP contribution in [0.25, 0.3) is 0 Å². The van der Waals surface area contributed by atoms with Crippen molar-refractivity contribution in [3.8, 4) is 0 Å². The van der Waals surface area contributed by atoms with Crippen LogP contribution < -0.4 is 10.6 Å². The van der Waals surface area contributed by atoms with Gasteiger partial charge in [0.05, 0.1) is 22.3 Å². The van der Waals surface area contributed by atoms with Gasteiger partial charge in [-0.05, 0) is 26.0 Å². The van der Waals surface area contributed by atoms with Gasteiger partial charge in [0.1, 0.15) is 0 Å². The molecule has 7 heteroatoms. The fourth-order valence-corrected chi connectivity index (χ4v) is 2.91. The van der Waals surface area contributed by atoms with E-state index in [1.54, 1.807) is 18.2 Å². The molecule has 118 valence electrons. The molecule has 0 aliphatic carbocycles. The third-order valence-corrected chi connectivity index (χ3v) is 4.04. The average molecular weight is 353 g/mol. The number of rotatable bonds is 3. The van der Waals surface area contributed by atoms with Crippen LogP contribution in [0.2, 0.25) is 10.0 Å². The SMILES string of the molecule is CC1CN(CC(=O)Nc2cccc(Cl)c2Cl)CC(C)N1.Cl. The van der Waals surface area contributed by atoms with E-state index in [1.807, 2.05) is 0 Å². The zero-order chi connectivity index (χ0) is 14.7. The number of carbonyl (C=O) groups is 1. The van der Waals surface area contributed by atoms with Gasteiger partial charge in [-0.2, -0.15) is 0 Å². The molecule has 1 aromatic rings. The summed E-state index contributed by atoms with van der Waals surface area (Å²) in [5, 5.41) is 7.07. The Bertz CT molecular complexity index is 488. The number of hydrogen-bond donors (Lipinski definition) is 2. The predicted molar refractivity (Wildman–Crippen MR) is 90.8 cm³/mol. The summed E-state index contributed by atoms with van der Waals surface area (Å²) in [5.41, 5.74) is 0.556. The first-order chi connectivity index (χ1) is 9.45. The molecule has 2 unspecified atom stereocenters. The van der Waals surface area contributed by atoms with Crippen LogP contribution in [0.1, 0.15) is 13.8 Å². The Balaban J connectivity index is 0.00000220. The maximum Gasteiger partial charge on any atom is 0.238 e. The molecular weight excluding hydrogens is 333 g/mol. The second-order valence-electron chi connectivity index (χ2n) is 5.31. The maximum absolute atomic E-state index is 12.1. The van der Waals surface area contributed by atoms with E-state index in [0.29, 0.717) is 34.4 Å². The van der Waals surface area contributed by atoms with Crippen LogP contribution in [0.3, 0.4) is 0 Å². The molecule has 0 radical (unpaired) electrons. The van der Waals surface area contributed by atoms with Crippen LogP contribution in [-0.4, -0.2) is 42.5 Å². The topological polar surface area (TPSA) is 44.4 Å². The summed E-state index contributed by atoms with van der Waals surface area (Å²) in [7, 11) is 0.